The van der Waals surface area contributed by atoms with Gasteiger partial charge in [0.05, 0.1) is 20.6 Å². The lowest BCUT2D eigenvalue weighted by atomic mass is 10.1. The van der Waals surface area contributed by atoms with Gasteiger partial charge in [-0.15, -0.1) is 0 Å². The number of methoxy groups -OCH3 is 2. The van der Waals surface area contributed by atoms with E-state index < -0.39 is 5.54 Å². The fraction of sp³-hybridized carbons (Fsp3) is 0.500. The van der Waals surface area contributed by atoms with Gasteiger partial charge in [0.2, 0.25) is 5.91 Å². The van der Waals surface area contributed by atoms with Crippen LogP contribution in [0.3, 0.4) is 0 Å². The van der Waals surface area contributed by atoms with E-state index in [-0.39, 0.29) is 12.3 Å². The van der Waals surface area contributed by atoms with E-state index in [4.69, 9.17) is 15.2 Å². The Hall–Kier alpha value is -1.75. The molecule has 0 saturated heterocycles. The number of ether oxygens (including phenoxy) is 2. The zero-order chi connectivity index (χ0) is 14.5. The molecule has 0 aliphatic carbocycles. The first-order valence-electron chi connectivity index (χ1n) is 6.12. The third-order valence-corrected chi connectivity index (χ3v) is 2.58. The highest BCUT2D eigenvalue weighted by Crippen LogP contribution is 2.24. The maximum Gasteiger partial charge on any atom is 0.224 e. The van der Waals surface area contributed by atoms with Crippen LogP contribution in [-0.2, 0) is 11.2 Å². The zero-order valence-corrected chi connectivity index (χ0v) is 11.9. The molecule has 0 fully saturated rings. The van der Waals surface area contributed by atoms with E-state index in [1.165, 1.54) is 0 Å². The van der Waals surface area contributed by atoms with Crippen LogP contribution in [0.5, 0.6) is 11.5 Å². The van der Waals surface area contributed by atoms with E-state index in [1.807, 2.05) is 13.8 Å². The Morgan fingerprint density at radius 2 is 2.00 bits per heavy atom. The number of carbonyl (C=O) groups is 1. The largest absolute Gasteiger partial charge is 0.497 e. The minimum atomic E-state index is -0.422. The quantitative estimate of drug-likeness (QED) is 0.808. The number of nitrogens with two attached hydrogens (primary N) is 1. The van der Waals surface area contributed by atoms with Crippen LogP contribution in [-0.4, -0.2) is 32.2 Å². The van der Waals surface area contributed by atoms with Crippen molar-refractivity contribution in [1.82, 2.24) is 5.32 Å². The molecule has 3 N–H and O–H groups in total. The molecule has 0 aromatic heterocycles. The van der Waals surface area contributed by atoms with Crippen molar-refractivity contribution >= 4 is 5.91 Å². The lowest BCUT2D eigenvalue weighted by molar-refractivity contribution is -0.120. The van der Waals surface area contributed by atoms with Crippen molar-refractivity contribution in [1.29, 1.82) is 0 Å². The standard InChI is InChI=1S/C14H22N2O3/c1-14(2,15)9-16-13(17)8-10-7-11(18-3)5-6-12(10)19-4/h5-7H,8-9,15H2,1-4H3,(H,16,17). The average molecular weight is 266 g/mol. The zero-order valence-electron chi connectivity index (χ0n) is 11.9. The molecule has 0 aliphatic rings. The maximum atomic E-state index is 11.9. The number of hydrogen-bond acceptors (Lipinski definition) is 4. The maximum absolute atomic E-state index is 11.9. The summed E-state index contributed by atoms with van der Waals surface area (Å²) in [7, 11) is 3.16. The van der Waals surface area contributed by atoms with Crippen LogP contribution in [0.2, 0.25) is 0 Å². The van der Waals surface area contributed by atoms with E-state index in [2.05, 4.69) is 5.32 Å². The summed E-state index contributed by atoms with van der Waals surface area (Å²) in [6, 6.07) is 5.38. The Morgan fingerprint density at radius 1 is 1.32 bits per heavy atom. The Bertz CT molecular complexity index is 439. The molecular formula is C14H22N2O3. The van der Waals surface area contributed by atoms with Crippen LogP contribution < -0.4 is 20.5 Å². The van der Waals surface area contributed by atoms with Crippen molar-refractivity contribution in [3.8, 4) is 11.5 Å². The van der Waals surface area contributed by atoms with Crippen molar-refractivity contribution in [3.63, 3.8) is 0 Å². The third-order valence-electron chi connectivity index (χ3n) is 2.58. The molecule has 5 heteroatoms. The van der Waals surface area contributed by atoms with Crippen molar-refractivity contribution in [2.24, 2.45) is 5.73 Å². The van der Waals surface area contributed by atoms with Gasteiger partial charge in [-0.3, -0.25) is 4.79 Å². The van der Waals surface area contributed by atoms with Gasteiger partial charge in [-0.2, -0.15) is 0 Å². The van der Waals surface area contributed by atoms with Gasteiger partial charge in [0.25, 0.3) is 0 Å². The number of amides is 1. The first kappa shape index (κ1) is 15.3. The minimum Gasteiger partial charge on any atom is -0.497 e. The first-order valence-corrected chi connectivity index (χ1v) is 6.12. The van der Waals surface area contributed by atoms with E-state index in [0.717, 1.165) is 5.56 Å². The van der Waals surface area contributed by atoms with Gasteiger partial charge in [0.1, 0.15) is 11.5 Å². The molecule has 0 bridgehead atoms. The molecule has 0 atom stereocenters. The van der Waals surface area contributed by atoms with Gasteiger partial charge in [-0.1, -0.05) is 0 Å². The molecule has 0 heterocycles. The molecule has 0 radical (unpaired) electrons. The highest BCUT2D eigenvalue weighted by atomic mass is 16.5. The molecule has 0 saturated carbocycles. The summed E-state index contributed by atoms with van der Waals surface area (Å²) in [5.41, 5.74) is 6.18. The molecular weight excluding hydrogens is 244 g/mol. The van der Waals surface area contributed by atoms with Crippen LogP contribution >= 0.6 is 0 Å². The van der Waals surface area contributed by atoms with Crippen LogP contribution in [0.1, 0.15) is 19.4 Å². The molecule has 0 unspecified atom stereocenters. The van der Waals surface area contributed by atoms with Gasteiger partial charge in [-0.05, 0) is 32.0 Å². The predicted molar refractivity (Wildman–Crippen MR) is 74.5 cm³/mol. The number of hydrogen-bond donors (Lipinski definition) is 2. The SMILES string of the molecule is COc1ccc(OC)c(CC(=O)NCC(C)(C)N)c1. The molecule has 1 amide bonds. The lowest BCUT2D eigenvalue weighted by Crippen LogP contribution is -2.45. The van der Waals surface area contributed by atoms with Gasteiger partial charge >= 0.3 is 0 Å². The average Bonchev–Trinajstić information content (AvgIpc) is 2.35. The Morgan fingerprint density at radius 3 is 2.53 bits per heavy atom. The molecule has 0 spiro atoms. The number of benzene rings is 1. The summed E-state index contributed by atoms with van der Waals surface area (Å²) in [5.74, 6) is 1.27. The van der Waals surface area contributed by atoms with Gasteiger partial charge in [0.15, 0.2) is 0 Å². The normalized spacial score (nSPS) is 11.0. The van der Waals surface area contributed by atoms with Crippen LogP contribution in [0.4, 0.5) is 0 Å². The van der Waals surface area contributed by atoms with Crippen LogP contribution in [0.15, 0.2) is 18.2 Å². The highest BCUT2D eigenvalue weighted by molar-refractivity contribution is 5.79. The number of carbonyl (C=O) groups excluding carboxylic acids is 1. The Balaban J connectivity index is 2.72. The Labute approximate surface area is 114 Å². The Kier molecular flexibility index (Phi) is 5.18. The molecule has 5 nitrogen and oxygen atoms in total. The molecule has 106 valence electrons. The van der Waals surface area contributed by atoms with Gasteiger partial charge in [-0.25, -0.2) is 0 Å². The topological polar surface area (TPSA) is 73.6 Å². The first-order chi connectivity index (χ1) is 8.85. The van der Waals surface area contributed by atoms with E-state index >= 15 is 0 Å². The molecule has 1 rings (SSSR count). The monoisotopic (exact) mass is 266 g/mol. The van der Waals surface area contributed by atoms with Gasteiger partial charge < -0.3 is 20.5 Å². The summed E-state index contributed by atoms with van der Waals surface area (Å²) >= 11 is 0. The smallest absolute Gasteiger partial charge is 0.224 e. The second kappa shape index (κ2) is 6.43. The predicted octanol–water partition coefficient (Wildman–Crippen LogP) is 1.10. The summed E-state index contributed by atoms with van der Waals surface area (Å²) in [5, 5.41) is 2.80. The fourth-order valence-electron chi connectivity index (χ4n) is 1.58. The van der Waals surface area contributed by atoms with Gasteiger partial charge in [0, 0.05) is 17.6 Å². The van der Waals surface area contributed by atoms with E-state index in [9.17, 15) is 4.79 Å². The third kappa shape index (κ3) is 5.18. The summed E-state index contributed by atoms with van der Waals surface area (Å²) < 4.78 is 10.4. The summed E-state index contributed by atoms with van der Waals surface area (Å²) in [6.07, 6.45) is 0.233. The second-order valence-corrected chi connectivity index (χ2v) is 5.12. The van der Waals surface area contributed by atoms with Crippen molar-refractivity contribution in [2.45, 2.75) is 25.8 Å². The summed E-state index contributed by atoms with van der Waals surface area (Å²) in [4.78, 5) is 11.9. The highest BCUT2D eigenvalue weighted by Gasteiger charge is 2.14. The van der Waals surface area contributed by atoms with Crippen LogP contribution in [0.25, 0.3) is 0 Å². The van der Waals surface area contributed by atoms with E-state index in [1.54, 1.807) is 32.4 Å². The number of rotatable bonds is 6. The lowest BCUT2D eigenvalue weighted by Gasteiger charge is -2.19. The summed E-state index contributed by atoms with van der Waals surface area (Å²) in [6.45, 7) is 4.15. The molecule has 1 aromatic rings. The second-order valence-electron chi connectivity index (χ2n) is 5.12. The molecule has 0 aliphatic heterocycles. The fourth-order valence-corrected chi connectivity index (χ4v) is 1.58. The minimum absolute atomic E-state index is 0.0925. The molecule has 19 heavy (non-hydrogen) atoms. The van der Waals surface area contributed by atoms with E-state index in [0.29, 0.717) is 18.0 Å². The van der Waals surface area contributed by atoms with Crippen molar-refractivity contribution < 1.29 is 14.3 Å². The number of nitrogens with one attached hydrogen (secondary N) is 1. The van der Waals surface area contributed by atoms with Crippen molar-refractivity contribution in [3.05, 3.63) is 23.8 Å². The van der Waals surface area contributed by atoms with Crippen molar-refractivity contribution in [2.75, 3.05) is 20.8 Å². The van der Waals surface area contributed by atoms with Crippen LogP contribution in [0, 0.1) is 0 Å². The molecule has 1 aromatic carbocycles.